The highest BCUT2D eigenvalue weighted by atomic mass is 32.2. The van der Waals surface area contributed by atoms with Gasteiger partial charge in [0.15, 0.2) is 0 Å². The number of carboxylic acid groups (broad SMARTS) is 1. The number of morpholine rings is 1. The highest BCUT2D eigenvalue weighted by Gasteiger charge is 2.37. The first-order valence-corrected chi connectivity index (χ1v) is 16.5. The summed E-state index contributed by atoms with van der Waals surface area (Å²) in [4.78, 5) is 27.9. The van der Waals surface area contributed by atoms with Crippen molar-refractivity contribution in [2.45, 2.75) is 18.8 Å². The molecule has 2 fully saturated rings. The molecule has 0 spiro atoms. The number of benzene rings is 3. The molecule has 2 saturated heterocycles. The molecule has 0 atom stereocenters. The smallest absolute Gasteiger partial charge is 0.416 e. The lowest BCUT2D eigenvalue weighted by molar-refractivity contribution is -0.143. The molecular weight excluding hydrogens is 711 g/mol. The Hall–Kier alpha value is -4.12. The second kappa shape index (κ2) is 15.8. The number of hydrogen-bond acceptors (Lipinski definition) is 8. The van der Waals surface area contributed by atoms with Crippen molar-refractivity contribution in [1.82, 2.24) is 9.80 Å². The van der Waals surface area contributed by atoms with Gasteiger partial charge in [0.1, 0.15) is 22.4 Å². The van der Waals surface area contributed by atoms with Gasteiger partial charge < -0.3 is 19.3 Å². The van der Waals surface area contributed by atoms with Gasteiger partial charge in [0.05, 0.1) is 41.4 Å². The molecule has 3 aromatic rings. The molecule has 0 aliphatic carbocycles. The Labute approximate surface area is 292 Å². The average molecular weight is 741 g/mol. The third-order valence-electron chi connectivity index (χ3n) is 7.74. The van der Waals surface area contributed by atoms with Crippen LogP contribution in [0.4, 0.5) is 26.3 Å². The van der Waals surface area contributed by atoms with Crippen molar-refractivity contribution in [3.63, 3.8) is 0 Å². The minimum atomic E-state index is -5.05. The Morgan fingerprint density at radius 2 is 1.56 bits per heavy atom. The number of alkyl halides is 6. The van der Waals surface area contributed by atoms with E-state index in [0.717, 1.165) is 11.8 Å². The monoisotopic (exact) mass is 740 g/mol. The highest BCUT2D eigenvalue weighted by molar-refractivity contribution is 8.26. The van der Waals surface area contributed by atoms with Gasteiger partial charge in [0.2, 0.25) is 0 Å². The zero-order valence-electron chi connectivity index (χ0n) is 26.2. The fraction of sp³-hybridized carbons (Fsp3) is 0.324. The first kappa shape index (κ1) is 37.1. The lowest BCUT2D eigenvalue weighted by atomic mass is 9.96. The number of rotatable bonds is 12. The van der Waals surface area contributed by atoms with E-state index >= 15 is 0 Å². The van der Waals surface area contributed by atoms with Gasteiger partial charge in [0, 0.05) is 31.7 Å². The molecule has 266 valence electrons. The largest absolute Gasteiger partial charge is 0.494 e. The number of carbonyl (C=O) groups is 2. The van der Waals surface area contributed by atoms with Crippen molar-refractivity contribution in [2.75, 3.05) is 52.6 Å². The molecule has 0 aromatic heterocycles. The van der Waals surface area contributed by atoms with E-state index in [1.807, 2.05) is 0 Å². The van der Waals surface area contributed by atoms with Crippen LogP contribution in [0, 0.1) is 0 Å². The number of nitrogens with zero attached hydrogens (tertiary/aromatic N) is 2. The van der Waals surface area contributed by atoms with Crippen molar-refractivity contribution in [1.29, 1.82) is 0 Å². The summed E-state index contributed by atoms with van der Waals surface area (Å²) in [5.41, 5.74) is -2.85. The molecule has 16 heteroatoms. The summed E-state index contributed by atoms with van der Waals surface area (Å²) in [5.74, 6) is -0.956. The van der Waals surface area contributed by atoms with Crippen molar-refractivity contribution in [3.8, 4) is 22.6 Å². The number of amides is 1. The molecule has 8 nitrogen and oxygen atoms in total. The molecule has 2 aliphatic heterocycles. The summed E-state index contributed by atoms with van der Waals surface area (Å²) < 4.78 is 99.7. The third-order valence-corrected chi connectivity index (χ3v) is 9.12. The highest BCUT2D eigenvalue weighted by Crippen LogP contribution is 2.42. The Kier molecular flexibility index (Phi) is 11.8. The van der Waals surface area contributed by atoms with Crippen molar-refractivity contribution in [2.24, 2.45) is 0 Å². The summed E-state index contributed by atoms with van der Waals surface area (Å²) in [6.07, 6.45) is -8.23. The van der Waals surface area contributed by atoms with Crippen molar-refractivity contribution in [3.05, 3.63) is 87.8 Å². The van der Waals surface area contributed by atoms with Crippen molar-refractivity contribution < 1.29 is 55.2 Å². The van der Waals surface area contributed by atoms with E-state index in [4.69, 9.17) is 31.5 Å². The minimum Gasteiger partial charge on any atom is -0.494 e. The van der Waals surface area contributed by atoms with Crippen LogP contribution in [0.5, 0.6) is 11.5 Å². The summed E-state index contributed by atoms with van der Waals surface area (Å²) in [6, 6.07) is 11.6. The fourth-order valence-electron chi connectivity index (χ4n) is 5.16. The van der Waals surface area contributed by atoms with Gasteiger partial charge in [-0.1, -0.05) is 30.0 Å². The normalized spacial score (nSPS) is 16.7. The van der Waals surface area contributed by atoms with Crippen LogP contribution in [0.15, 0.2) is 65.6 Å². The lowest BCUT2D eigenvalue weighted by Crippen LogP contribution is -2.38. The lowest BCUT2D eigenvalue weighted by Gasteiger charge is -2.26. The number of carboxylic acids is 1. The van der Waals surface area contributed by atoms with Crippen LogP contribution in [0.2, 0.25) is 0 Å². The quantitative estimate of drug-likeness (QED) is 0.0880. The number of thioether (sulfide) groups is 1. The van der Waals surface area contributed by atoms with Gasteiger partial charge in [-0.15, -0.1) is 0 Å². The maximum Gasteiger partial charge on any atom is 0.416 e. The van der Waals surface area contributed by atoms with Gasteiger partial charge in [-0.2, -0.15) is 26.3 Å². The Morgan fingerprint density at radius 1 is 0.900 bits per heavy atom. The van der Waals surface area contributed by atoms with Crippen molar-refractivity contribution >= 4 is 46.3 Å². The molecule has 0 bridgehead atoms. The summed E-state index contributed by atoms with van der Waals surface area (Å²) in [7, 11) is 0. The fourth-order valence-corrected chi connectivity index (χ4v) is 6.47. The Bertz CT molecular complexity index is 1730. The second-order valence-electron chi connectivity index (χ2n) is 11.2. The van der Waals surface area contributed by atoms with E-state index in [0.29, 0.717) is 62.7 Å². The second-order valence-corrected chi connectivity index (χ2v) is 12.9. The third kappa shape index (κ3) is 9.56. The Morgan fingerprint density at radius 3 is 2.18 bits per heavy atom. The van der Waals surface area contributed by atoms with E-state index in [9.17, 15) is 35.9 Å². The molecule has 1 N–H and O–H groups in total. The molecule has 2 heterocycles. The van der Waals surface area contributed by atoms with E-state index in [2.05, 4.69) is 4.90 Å². The van der Waals surface area contributed by atoms with E-state index < -0.39 is 35.4 Å². The van der Waals surface area contributed by atoms with Crippen LogP contribution in [0.25, 0.3) is 17.2 Å². The standard InChI is InChI=1S/C34H30F6N2O6S2/c35-33(36,37)24-18-23(19-25(20-24)34(38,39)40)27-16-21(2-7-28(27)48-15-11-41-9-13-46-14-10-41)17-29-30(43)42(32(49)50-29)8-1-12-47-26-5-3-22(4-6-26)31(44)45/h2-7,16-20H,1,8-15H2,(H,44,45)/b29-17-. The summed E-state index contributed by atoms with van der Waals surface area (Å²) >= 11 is 6.41. The van der Waals surface area contributed by atoms with E-state index in [1.54, 1.807) is 6.07 Å². The number of halogens is 6. The molecule has 3 aromatic carbocycles. The Balaban J connectivity index is 1.36. The SMILES string of the molecule is O=C(O)c1ccc(OCCCN2C(=O)/C(=C/c3ccc(OCCN4CCOCC4)c(-c4cc(C(F)(F)F)cc(C(F)(F)F)c4)c3)SC2=S)cc1. The number of thiocarbonyl (C=S) groups is 1. The summed E-state index contributed by atoms with van der Waals surface area (Å²) in [6.45, 7) is 3.39. The van der Waals surface area contributed by atoms with E-state index in [-0.39, 0.29) is 57.5 Å². The molecule has 0 radical (unpaired) electrons. The zero-order valence-corrected chi connectivity index (χ0v) is 27.8. The van der Waals surface area contributed by atoms with Crippen LogP contribution in [-0.2, 0) is 21.9 Å². The number of carbonyl (C=O) groups excluding carboxylic acids is 1. The van der Waals surface area contributed by atoms with Gasteiger partial charge in [-0.3, -0.25) is 14.6 Å². The van der Waals surface area contributed by atoms with Crippen LogP contribution in [-0.4, -0.2) is 83.7 Å². The molecule has 2 aliphatic rings. The number of aromatic carboxylic acids is 1. The van der Waals surface area contributed by atoms with Crippen LogP contribution >= 0.6 is 24.0 Å². The van der Waals surface area contributed by atoms with Crippen LogP contribution < -0.4 is 9.47 Å². The molecule has 5 rings (SSSR count). The molecule has 0 unspecified atom stereocenters. The van der Waals surface area contributed by atoms with Gasteiger partial charge in [0.25, 0.3) is 5.91 Å². The summed E-state index contributed by atoms with van der Waals surface area (Å²) in [5, 5.41) is 9.02. The van der Waals surface area contributed by atoms with Gasteiger partial charge in [-0.05, 0) is 78.2 Å². The zero-order chi connectivity index (χ0) is 36.1. The number of ether oxygens (including phenoxy) is 3. The first-order valence-electron chi connectivity index (χ1n) is 15.3. The maximum atomic E-state index is 13.8. The van der Waals surface area contributed by atoms with Crippen LogP contribution in [0.1, 0.15) is 33.5 Å². The topological polar surface area (TPSA) is 88.5 Å². The molecule has 1 amide bonds. The molecular formula is C34H30F6N2O6S2. The van der Waals surface area contributed by atoms with E-state index in [1.165, 1.54) is 47.4 Å². The predicted molar refractivity (Wildman–Crippen MR) is 178 cm³/mol. The number of hydrogen-bond donors (Lipinski definition) is 1. The molecule has 0 saturated carbocycles. The van der Waals surface area contributed by atoms with Gasteiger partial charge in [-0.25, -0.2) is 4.79 Å². The predicted octanol–water partition coefficient (Wildman–Crippen LogP) is 7.47. The average Bonchev–Trinajstić information content (AvgIpc) is 3.34. The van der Waals surface area contributed by atoms with Gasteiger partial charge >= 0.3 is 18.3 Å². The minimum absolute atomic E-state index is 0.0126. The molecule has 50 heavy (non-hydrogen) atoms. The first-order chi connectivity index (χ1) is 23.7. The van der Waals surface area contributed by atoms with Crippen LogP contribution in [0.3, 0.4) is 0 Å². The maximum absolute atomic E-state index is 13.8.